The number of likely N-dealkylation sites (tertiary alicyclic amines) is 1. The minimum atomic E-state index is 0.214. The Morgan fingerprint density at radius 1 is 1.64 bits per heavy atom. The number of rotatable bonds is 4. The molecule has 3 N–H and O–H groups in total. The van der Waals surface area contributed by atoms with Gasteiger partial charge in [-0.2, -0.15) is 0 Å². The highest BCUT2D eigenvalue weighted by atomic mass is 15.1. The molecule has 0 aromatic heterocycles. The first-order chi connectivity index (χ1) is 6.63. The van der Waals surface area contributed by atoms with Gasteiger partial charge in [0.15, 0.2) is 0 Å². The van der Waals surface area contributed by atoms with E-state index in [1.54, 1.807) is 0 Å². The smallest absolute Gasteiger partial charge is 0.0947 e. The Hall–Kier alpha value is -0.570. The highest BCUT2D eigenvalue weighted by Gasteiger charge is 2.20. The van der Waals surface area contributed by atoms with Crippen LogP contribution in [0.2, 0.25) is 0 Å². The Balaban J connectivity index is 2.33. The summed E-state index contributed by atoms with van der Waals surface area (Å²) in [6, 6.07) is 0. The molecule has 1 fully saturated rings. The number of piperidine rings is 1. The molecule has 0 radical (unpaired) electrons. The lowest BCUT2D eigenvalue weighted by Gasteiger charge is -2.33. The fraction of sp³-hybridized carbons (Fsp3) is 0.909. The Morgan fingerprint density at radius 3 is 2.93 bits per heavy atom. The van der Waals surface area contributed by atoms with Crippen molar-refractivity contribution in [2.45, 2.75) is 33.1 Å². The molecule has 0 aromatic rings. The van der Waals surface area contributed by atoms with Gasteiger partial charge in [0.2, 0.25) is 0 Å². The van der Waals surface area contributed by atoms with E-state index in [4.69, 9.17) is 11.1 Å². The minimum absolute atomic E-state index is 0.214. The Morgan fingerprint density at radius 2 is 2.36 bits per heavy atom. The molecule has 1 aliphatic rings. The molecule has 0 amide bonds. The average Bonchev–Trinajstić information content (AvgIpc) is 2.18. The normalized spacial score (nSPS) is 26.0. The van der Waals surface area contributed by atoms with Crippen molar-refractivity contribution in [2.75, 3.05) is 19.6 Å². The van der Waals surface area contributed by atoms with E-state index in [0.717, 1.165) is 12.5 Å². The summed E-state index contributed by atoms with van der Waals surface area (Å²) < 4.78 is 0. The molecule has 0 spiro atoms. The van der Waals surface area contributed by atoms with Crippen LogP contribution in [0.15, 0.2) is 0 Å². The van der Waals surface area contributed by atoms with Gasteiger partial charge in [-0.1, -0.05) is 20.3 Å². The van der Waals surface area contributed by atoms with Crippen LogP contribution in [-0.2, 0) is 0 Å². The molecule has 1 saturated heterocycles. The Bertz CT molecular complexity index is 191. The van der Waals surface area contributed by atoms with Gasteiger partial charge in [0.05, 0.1) is 5.84 Å². The molecule has 3 heteroatoms. The second kappa shape index (κ2) is 5.35. The third kappa shape index (κ3) is 3.29. The summed E-state index contributed by atoms with van der Waals surface area (Å²) in [4.78, 5) is 2.46. The van der Waals surface area contributed by atoms with Crippen LogP contribution in [0, 0.1) is 17.2 Å². The van der Waals surface area contributed by atoms with Gasteiger partial charge in [0.25, 0.3) is 0 Å². The first kappa shape index (κ1) is 11.5. The summed E-state index contributed by atoms with van der Waals surface area (Å²) in [7, 11) is 0. The molecule has 1 heterocycles. The second-order valence-electron chi connectivity index (χ2n) is 4.53. The van der Waals surface area contributed by atoms with Crippen molar-refractivity contribution in [3.8, 4) is 0 Å². The molecular weight excluding hydrogens is 174 g/mol. The quantitative estimate of drug-likeness (QED) is 0.532. The van der Waals surface area contributed by atoms with Crippen molar-refractivity contribution in [1.82, 2.24) is 4.90 Å². The zero-order valence-corrected chi connectivity index (χ0v) is 9.42. The zero-order valence-electron chi connectivity index (χ0n) is 9.42. The van der Waals surface area contributed by atoms with Gasteiger partial charge in [0.1, 0.15) is 0 Å². The van der Waals surface area contributed by atoms with Gasteiger partial charge >= 0.3 is 0 Å². The van der Waals surface area contributed by atoms with Crippen LogP contribution in [-0.4, -0.2) is 30.4 Å². The van der Waals surface area contributed by atoms with Gasteiger partial charge < -0.3 is 10.6 Å². The van der Waals surface area contributed by atoms with Crippen molar-refractivity contribution < 1.29 is 0 Å². The van der Waals surface area contributed by atoms with Crippen LogP contribution in [0.4, 0.5) is 0 Å². The predicted molar refractivity (Wildman–Crippen MR) is 60.5 cm³/mol. The molecule has 2 atom stereocenters. The number of nitrogens with one attached hydrogen (secondary N) is 1. The van der Waals surface area contributed by atoms with Gasteiger partial charge in [0, 0.05) is 19.0 Å². The summed E-state index contributed by atoms with van der Waals surface area (Å²) in [5.41, 5.74) is 5.48. The first-order valence-electron chi connectivity index (χ1n) is 5.69. The van der Waals surface area contributed by atoms with Gasteiger partial charge in [-0.3, -0.25) is 5.41 Å². The molecule has 3 nitrogen and oxygen atoms in total. The van der Waals surface area contributed by atoms with Crippen LogP contribution >= 0.6 is 0 Å². The van der Waals surface area contributed by atoms with E-state index < -0.39 is 0 Å². The van der Waals surface area contributed by atoms with E-state index >= 15 is 0 Å². The van der Waals surface area contributed by atoms with Gasteiger partial charge in [-0.15, -0.1) is 0 Å². The van der Waals surface area contributed by atoms with E-state index in [1.807, 2.05) is 6.92 Å². The first-order valence-corrected chi connectivity index (χ1v) is 5.69. The number of hydrogen-bond donors (Lipinski definition) is 2. The molecule has 2 unspecified atom stereocenters. The molecule has 0 aliphatic carbocycles. The maximum Gasteiger partial charge on any atom is 0.0947 e. The van der Waals surface area contributed by atoms with Crippen molar-refractivity contribution >= 4 is 5.84 Å². The van der Waals surface area contributed by atoms with Crippen LogP contribution in [0.1, 0.15) is 33.1 Å². The zero-order chi connectivity index (χ0) is 10.6. The number of nitrogens with two attached hydrogens (primary N) is 1. The molecule has 0 bridgehead atoms. The third-order valence-electron chi connectivity index (χ3n) is 3.24. The highest BCUT2D eigenvalue weighted by molar-refractivity contribution is 5.79. The summed E-state index contributed by atoms with van der Waals surface area (Å²) in [6.45, 7) is 7.66. The van der Waals surface area contributed by atoms with Crippen molar-refractivity contribution in [2.24, 2.45) is 17.6 Å². The summed E-state index contributed by atoms with van der Waals surface area (Å²) in [6.07, 6.45) is 3.97. The minimum Gasteiger partial charge on any atom is -0.387 e. The van der Waals surface area contributed by atoms with Crippen molar-refractivity contribution in [1.29, 1.82) is 5.41 Å². The standard InChI is InChI=1S/C11H23N3/c1-3-10-5-4-6-14(8-10)7-9(2)11(12)13/h9-10H,3-8H2,1-2H3,(H3,12,13). The molecule has 1 aliphatic heterocycles. The fourth-order valence-corrected chi connectivity index (χ4v) is 2.14. The maximum absolute atomic E-state index is 7.37. The Labute approximate surface area is 87.2 Å². The molecule has 14 heavy (non-hydrogen) atoms. The monoisotopic (exact) mass is 197 g/mol. The molecular formula is C11H23N3. The van der Waals surface area contributed by atoms with Crippen LogP contribution in [0.5, 0.6) is 0 Å². The summed E-state index contributed by atoms with van der Waals surface area (Å²) in [5.74, 6) is 1.40. The van der Waals surface area contributed by atoms with Crippen LogP contribution < -0.4 is 5.73 Å². The second-order valence-corrected chi connectivity index (χ2v) is 4.53. The molecule has 0 saturated carbocycles. The van der Waals surface area contributed by atoms with Crippen molar-refractivity contribution in [3.05, 3.63) is 0 Å². The molecule has 82 valence electrons. The summed E-state index contributed by atoms with van der Waals surface area (Å²) >= 11 is 0. The third-order valence-corrected chi connectivity index (χ3v) is 3.24. The lowest BCUT2D eigenvalue weighted by molar-refractivity contribution is 0.163. The van der Waals surface area contributed by atoms with E-state index in [-0.39, 0.29) is 5.92 Å². The lowest BCUT2D eigenvalue weighted by atomic mass is 9.95. The average molecular weight is 197 g/mol. The predicted octanol–water partition coefficient (Wildman–Crippen LogP) is 1.68. The van der Waals surface area contributed by atoms with Gasteiger partial charge in [-0.25, -0.2) is 0 Å². The SMILES string of the molecule is CCC1CCCN(CC(C)C(=N)N)C1. The van der Waals surface area contributed by atoms with Crippen LogP contribution in [0.25, 0.3) is 0 Å². The van der Waals surface area contributed by atoms with E-state index in [2.05, 4.69) is 11.8 Å². The lowest BCUT2D eigenvalue weighted by Crippen LogP contribution is -2.40. The number of hydrogen-bond acceptors (Lipinski definition) is 2. The van der Waals surface area contributed by atoms with Crippen LogP contribution in [0.3, 0.4) is 0 Å². The van der Waals surface area contributed by atoms with E-state index in [0.29, 0.717) is 5.84 Å². The number of amidine groups is 1. The molecule has 1 rings (SSSR count). The summed E-state index contributed by atoms with van der Waals surface area (Å²) in [5, 5.41) is 7.37. The topological polar surface area (TPSA) is 53.1 Å². The van der Waals surface area contributed by atoms with Crippen molar-refractivity contribution in [3.63, 3.8) is 0 Å². The van der Waals surface area contributed by atoms with E-state index in [1.165, 1.54) is 32.4 Å². The van der Waals surface area contributed by atoms with Gasteiger partial charge in [-0.05, 0) is 25.3 Å². The van der Waals surface area contributed by atoms with E-state index in [9.17, 15) is 0 Å². The highest BCUT2D eigenvalue weighted by Crippen LogP contribution is 2.19. The number of nitrogens with zero attached hydrogens (tertiary/aromatic N) is 1. The maximum atomic E-state index is 7.37. The largest absolute Gasteiger partial charge is 0.387 e. The Kier molecular flexibility index (Phi) is 4.39. The molecule has 0 aromatic carbocycles. The fourth-order valence-electron chi connectivity index (χ4n) is 2.14.